The molecule has 180 valence electrons. The Balaban J connectivity index is 0.000000569. The van der Waals surface area contributed by atoms with Crippen molar-refractivity contribution in [3.8, 4) is 17.2 Å². The molecule has 0 amide bonds. The Kier molecular flexibility index (Phi) is 10.2. The van der Waals surface area contributed by atoms with Crippen LogP contribution in [0.1, 0.15) is 6.42 Å². The Labute approximate surface area is 194 Å². The topological polar surface area (TPSA) is 163 Å². The molecular formula is C20H25ClN4O8. The van der Waals surface area contributed by atoms with Crippen LogP contribution < -0.4 is 25.1 Å². The number of benzene rings is 1. The van der Waals surface area contributed by atoms with E-state index >= 15 is 0 Å². The number of aliphatic carboxylic acids is 2. The highest BCUT2D eigenvalue weighted by atomic mass is 35.5. The fourth-order valence-electron chi connectivity index (χ4n) is 2.69. The first-order valence-corrected chi connectivity index (χ1v) is 10.3. The molecule has 2 heterocycles. The van der Waals surface area contributed by atoms with Gasteiger partial charge in [-0.15, -0.1) is 0 Å². The highest BCUT2D eigenvalue weighted by molar-refractivity contribution is 6.33. The van der Waals surface area contributed by atoms with E-state index in [1.807, 2.05) is 25.2 Å². The van der Waals surface area contributed by atoms with Crippen molar-refractivity contribution in [1.82, 2.24) is 15.1 Å². The number of fused-ring (bicyclic) bond motifs is 1. The maximum atomic E-state index is 11.6. The minimum absolute atomic E-state index is 0.317. The summed E-state index contributed by atoms with van der Waals surface area (Å²) in [6, 6.07) is 5.65. The lowest BCUT2D eigenvalue weighted by Gasteiger charge is -2.22. The van der Waals surface area contributed by atoms with Crippen LogP contribution in [0.25, 0.3) is 0 Å². The molecule has 2 aromatic rings. The fraction of sp³-hybridized carbons (Fsp3) is 0.400. The van der Waals surface area contributed by atoms with Crippen molar-refractivity contribution in [2.45, 2.75) is 6.42 Å². The number of para-hydroxylation sites is 1. The summed E-state index contributed by atoms with van der Waals surface area (Å²) in [5.74, 6) is -1.54. The Bertz CT molecular complexity index is 988. The molecule has 0 saturated carbocycles. The molecule has 0 saturated heterocycles. The molecule has 0 bridgehead atoms. The number of anilines is 1. The van der Waals surface area contributed by atoms with Gasteiger partial charge in [-0.1, -0.05) is 17.7 Å². The molecule has 0 spiro atoms. The van der Waals surface area contributed by atoms with Crippen LogP contribution in [0.2, 0.25) is 5.02 Å². The summed E-state index contributed by atoms with van der Waals surface area (Å²) in [5.41, 5.74) is 0.0374. The predicted octanol–water partition coefficient (Wildman–Crippen LogP) is 1.16. The number of likely N-dealkylation sites (N-methyl/N-ethyl adjacent to an activating group) is 1. The van der Waals surface area contributed by atoms with E-state index in [0.717, 1.165) is 25.3 Å². The van der Waals surface area contributed by atoms with Crippen molar-refractivity contribution in [1.29, 1.82) is 0 Å². The summed E-state index contributed by atoms with van der Waals surface area (Å²) in [6.45, 7) is 3.88. The molecule has 1 aliphatic rings. The van der Waals surface area contributed by atoms with E-state index < -0.39 is 11.9 Å². The van der Waals surface area contributed by atoms with E-state index in [4.69, 9.17) is 45.6 Å². The van der Waals surface area contributed by atoms with Crippen molar-refractivity contribution in [2.24, 2.45) is 0 Å². The van der Waals surface area contributed by atoms with E-state index in [9.17, 15) is 4.79 Å². The number of carbonyl (C=O) groups is 2. The Morgan fingerprint density at radius 3 is 2.67 bits per heavy atom. The molecule has 12 nitrogen and oxygen atoms in total. The van der Waals surface area contributed by atoms with Gasteiger partial charge >= 0.3 is 11.9 Å². The van der Waals surface area contributed by atoms with Crippen LogP contribution in [-0.4, -0.2) is 83.8 Å². The zero-order valence-electron chi connectivity index (χ0n) is 17.9. The van der Waals surface area contributed by atoms with Crippen molar-refractivity contribution in [3.63, 3.8) is 0 Å². The second-order valence-corrected chi connectivity index (χ2v) is 7.15. The van der Waals surface area contributed by atoms with Gasteiger partial charge in [0.05, 0.1) is 11.2 Å². The van der Waals surface area contributed by atoms with Crippen molar-refractivity contribution in [3.05, 3.63) is 39.8 Å². The lowest BCUT2D eigenvalue weighted by Crippen LogP contribution is -2.27. The third kappa shape index (κ3) is 8.50. The first-order valence-electron chi connectivity index (χ1n) is 9.92. The Morgan fingerprint density at radius 2 is 1.97 bits per heavy atom. The SMILES string of the molecule is CN(CCCNc1c(Cl)cn[nH]c1=O)CCOc1cccc2c1OCCO2.O=C(O)C(=O)O. The van der Waals surface area contributed by atoms with Gasteiger partial charge in [0.25, 0.3) is 5.56 Å². The number of rotatable bonds is 9. The second kappa shape index (κ2) is 13.1. The van der Waals surface area contributed by atoms with Gasteiger partial charge in [0, 0.05) is 13.1 Å². The molecule has 1 aliphatic heterocycles. The molecule has 3 rings (SSSR count). The van der Waals surface area contributed by atoms with Gasteiger partial charge in [-0.2, -0.15) is 5.10 Å². The molecular weight excluding hydrogens is 460 g/mol. The predicted molar refractivity (Wildman–Crippen MR) is 119 cm³/mol. The largest absolute Gasteiger partial charge is 0.488 e. The average molecular weight is 485 g/mol. The fourth-order valence-corrected chi connectivity index (χ4v) is 2.89. The average Bonchev–Trinajstić information content (AvgIpc) is 2.79. The molecule has 13 heteroatoms. The first-order chi connectivity index (χ1) is 15.8. The number of ether oxygens (including phenoxy) is 3. The smallest absolute Gasteiger partial charge is 0.414 e. The quantitative estimate of drug-likeness (QED) is 0.298. The summed E-state index contributed by atoms with van der Waals surface area (Å²) >= 11 is 5.96. The molecule has 33 heavy (non-hydrogen) atoms. The zero-order chi connectivity index (χ0) is 24.2. The monoisotopic (exact) mass is 484 g/mol. The van der Waals surface area contributed by atoms with Crippen LogP contribution in [0.5, 0.6) is 17.2 Å². The summed E-state index contributed by atoms with van der Waals surface area (Å²) in [4.78, 5) is 32.0. The molecule has 0 atom stereocenters. The molecule has 1 aromatic carbocycles. The van der Waals surface area contributed by atoms with Gasteiger partial charge in [0.2, 0.25) is 5.75 Å². The van der Waals surface area contributed by atoms with Gasteiger partial charge in [0.15, 0.2) is 11.5 Å². The highest BCUT2D eigenvalue weighted by Gasteiger charge is 2.16. The number of carboxylic acid groups (broad SMARTS) is 2. The van der Waals surface area contributed by atoms with Gasteiger partial charge in [-0.25, -0.2) is 14.7 Å². The number of H-pyrrole nitrogens is 1. The number of hydrogen-bond donors (Lipinski definition) is 4. The van der Waals surface area contributed by atoms with E-state index in [1.165, 1.54) is 6.20 Å². The van der Waals surface area contributed by atoms with Crippen LogP contribution in [0.15, 0.2) is 29.2 Å². The van der Waals surface area contributed by atoms with E-state index in [-0.39, 0.29) is 5.56 Å². The number of carboxylic acids is 2. The molecule has 0 radical (unpaired) electrons. The standard InChI is InChI=1S/C18H23ClN4O4.C2H2O4/c1-23(7-3-6-20-16-13(19)12-21-22-18(16)24)8-9-25-14-4-2-5-15-17(14)27-11-10-26-15;3-1(4)2(5)6/h2,4-5,12H,3,6-11H2,1H3,(H,20,21)(H,22,24);(H,3,4)(H,5,6). The minimum Gasteiger partial charge on any atom is -0.488 e. The summed E-state index contributed by atoms with van der Waals surface area (Å²) < 4.78 is 17.0. The van der Waals surface area contributed by atoms with Crippen LogP contribution in [-0.2, 0) is 9.59 Å². The maximum Gasteiger partial charge on any atom is 0.414 e. The van der Waals surface area contributed by atoms with Gasteiger partial charge in [0.1, 0.15) is 25.5 Å². The van der Waals surface area contributed by atoms with Crippen LogP contribution >= 0.6 is 11.6 Å². The van der Waals surface area contributed by atoms with Gasteiger partial charge < -0.3 is 34.6 Å². The Morgan fingerprint density at radius 1 is 1.24 bits per heavy atom. The third-order valence-corrected chi connectivity index (χ3v) is 4.56. The maximum absolute atomic E-state index is 11.6. The number of aromatic amines is 1. The number of halogens is 1. The van der Waals surface area contributed by atoms with E-state index in [2.05, 4.69) is 20.4 Å². The van der Waals surface area contributed by atoms with Crippen LogP contribution in [0.3, 0.4) is 0 Å². The number of nitrogens with zero attached hydrogens (tertiary/aromatic N) is 2. The lowest BCUT2D eigenvalue weighted by atomic mass is 10.3. The molecule has 0 aliphatic carbocycles. The summed E-state index contributed by atoms with van der Waals surface area (Å²) in [5, 5.41) is 24.1. The molecule has 0 fully saturated rings. The normalized spacial score (nSPS) is 11.8. The Hall–Kier alpha value is -3.51. The van der Waals surface area contributed by atoms with Gasteiger partial charge in [-0.05, 0) is 32.1 Å². The number of aromatic nitrogens is 2. The summed E-state index contributed by atoms with van der Waals surface area (Å²) in [6.07, 6.45) is 2.26. The van der Waals surface area contributed by atoms with E-state index in [0.29, 0.717) is 48.6 Å². The second-order valence-electron chi connectivity index (χ2n) is 6.74. The van der Waals surface area contributed by atoms with Crippen LogP contribution in [0.4, 0.5) is 5.69 Å². The van der Waals surface area contributed by atoms with Crippen molar-refractivity contribution in [2.75, 3.05) is 51.8 Å². The molecule has 0 unspecified atom stereocenters. The van der Waals surface area contributed by atoms with Crippen molar-refractivity contribution >= 4 is 29.2 Å². The highest BCUT2D eigenvalue weighted by Crippen LogP contribution is 2.38. The zero-order valence-corrected chi connectivity index (χ0v) is 18.6. The van der Waals surface area contributed by atoms with Gasteiger partial charge in [-0.3, -0.25) is 4.79 Å². The van der Waals surface area contributed by atoms with E-state index in [1.54, 1.807) is 0 Å². The summed E-state index contributed by atoms with van der Waals surface area (Å²) in [7, 11) is 2.02. The third-order valence-electron chi connectivity index (χ3n) is 4.27. The number of nitrogens with one attached hydrogen (secondary N) is 2. The van der Waals surface area contributed by atoms with Crippen molar-refractivity contribution < 1.29 is 34.0 Å². The molecule has 1 aromatic heterocycles. The molecule has 4 N–H and O–H groups in total. The number of hydrogen-bond acceptors (Lipinski definition) is 9. The minimum atomic E-state index is -1.82. The van der Waals surface area contributed by atoms with Crippen LogP contribution in [0, 0.1) is 0 Å². The first kappa shape index (κ1) is 25.7. The lowest BCUT2D eigenvalue weighted by molar-refractivity contribution is -0.159.